The van der Waals surface area contributed by atoms with Crippen molar-refractivity contribution in [2.24, 2.45) is 5.73 Å². The minimum atomic E-state index is -0.818. The molecule has 0 bridgehead atoms. The third-order valence-electron chi connectivity index (χ3n) is 5.72. The second-order valence-corrected chi connectivity index (χ2v) is 10.1. The fraction of sp³-hybridized carbons (Fsp3) is 0.519. The number of nitrogens with zero attached hydrogens (tertiary/aromatic N) is 3. The molecule has 3 amide bonds. The zero-order chi connectivity index (χ0) is 30.4. The van der Waals surface area contributed by atoms with Crippen molar-refractivity contribution in [3.63, 3.8) is 0 Å². The van der Waals surface area contributed by atoms with Crippen molar-refractivity contribution < 1.29 is 33.5 Å². The summed E-state index contributed by atoms with van der Waals surface area (Å²) in [7, 11) is 0. The molecule has 2 rings (SSSR count). The number of hydrogen-bond donors (Lipinski definition) is 3. The number of alkyl carbamates (subject to hydrolysis) is 1. The monoisotopic (exact) mass is 576 g/mol. The largest absolute Gasteiger partial charge is 0.491 e. The van der Waals surface area contributed by atoms with Gasteiger partial charge in [0.05, 0.1) is 11.5 Å². The van der Waals surface area contributed by atoms with Gasteiger partial charge in [0.25, 0.3) is 5.69 Å². The quantitative estimate of drug-likeness (QED) is 0.129. The van der Waals surface area contributed by atoms with Gasteiger partial charge in [-0.1, -0.05) is 24.8 Å². The van der Waals surface area contributed by atoms with Crippen LogP contribution in [0.25, 0.3) is 0 Å². The number of amides is 3. The van der Waals surface area contributed by atoms with E-state index in [0.29, 0.717) is 39.1 Å². The number of nitrogens with two attached hydrogens (primary N) is 1. The van der Waals surface area contributed by atoms with Crippen molar-refractivity contribution in [2.75, 3.05) is 64.3 Å². The van der Waals surface area contributed by atoms with Crippen LogP contribution >= 0.6 is 0 Å². The number of rotatable bonds is 14. The molecule has 1 fully saturated rings. The maximum atomic E-state index is 12.3. The van der Waals surface area contributed by atoms with Crippen LogP contribution in [0.3, 0.4) is 0 Å². The molecule has 1 aliphatic heterocycles. The van der Waals surface area contributed by atoms with Gasteiger partial charge in [0.1, 0.15) is 18.0 Å². The molecule has 1 saturated heterocycles. The summed E-state index contributed by atoms with van der Waals surface area (Å²) in [5.41, 5.74) is 4.55. The van der Waals surface area contributed by atoms with Crippen molar-refractivity contribution >= 4 is 29.5 Å². The van der Waals surface area contributed by atoms with Gasteiger partial charge in [-0.3, -0.25) is 19.8 Å². The first-order chi connectivity index (χ1) is 19.4. The fourth-order valence-corrected chi connectivity index (χ4v) is 3.78. The maximum absolute atomic E-state index is 12.3. The van der Waals surface area contributed by atoms with E-state index in [1.807, 2.05) is 20.8 Å². The number of carbonyl (C=O) groups excluding carboxylic acids is 3. The molecule has 14 heteroatoms. The summed E-state index contributed by atoms with van der Waals surface area (Å²) in [4.78, 5) is 50.5. The minimum absolute atomic E-state index is 0.0479. The summed E-state index contributed by atoms with van der Waals surface area (Å²) < 4.78 is 16.1. The van der Waals surface area contributed by atoms with Gasteiger partial charge in [-0.05, 0) is 33.3 Å². The Morgan fingerprint density at radius 3 is 2.44 bits per heavy atom. The number of nitro benzene ring substituents is 1. The highest BCUT2D eigenvalue weighted by Crippen LogP contribution is 2.36. The highest BCUT2D eigenvalue weighted by Gasteiger charge is 2.26. The van der Waals surface area contributed by atoms with Crippen molar-refractivity contribution in [3.05, 3.63) is 52.6 Å². The van der Waals surface area contributed by atoms with Gasteiger partial charge in [0.2, 0.25) is 5.91 Å². The maximum Gasteiger partial charge on any atom is 0.410 e. The van der Waals surface area contributed by atoms with Gasteiger partial charge in [0.15, 0.2) is 5.69 Å². The molecule has 1 aliphatic rings. The van der Waals surface area contributed by atoms with E-state index in [1.165, 1.54) is 12.1 Å². The van der Waals surface area contributed by atoms with Crippen LogP contribution in [0.2, 0.25) is 0 Å². The molecule has 1 heterocycles. The van der Waals surface area contributed by atoms with Crippen LogP contribution in [0, 0.1) is 10.1 Å². The Hall–Kier alpha value is -4.33. The normalized spacial score (nSPS) is 13.9. The van der Waals surface area contributed by atoms with Crippen LogP contribution in [-0.4, -0.2) is 97.4 Å². The van der Waals surface area contributed by atoms with Gasteiger partial charge in [-0.15, -0.1) is 0 Å². The van der Waals surface area contributed by atoms with E-state index in [9.17, 15) is 24.5 Å². The van der Waals surface area contributed by atoms with Gasteiger partial charge in [-0.2, -0.15) is 0 Å². The highest BCUT2D eigenvalue weighted by atomic mass is 16.6. The zero-order valence-corrected chi connectivity index (χ0v) is 23.8. The average molecular weight is 577 g/mol. The van der Waals surface area contributed by atoms with Crippen molar-refractivity contribution in [1.82, 2.24) is 15.1 Å². The lowest BCUT2D eigenvalue weighted by atomic mass is 10.1. The molecular weight excluding hydrogens is 536 g/mol. The third kappa shape index (κ3) is 11.7. The molecular formula is C27H40N6O8. The number of benzene rings is 1. The van der Waals surface area contributed by atoms with Crippen LogP contribution in [-0.2, 0) is 9.47 Å². The number of ether oxygens (including phenoxy) is 3. The topological polar surface area (TPSA) is 179 Å². The fourth-order valence-electron chi connectivity index (χ4n) is 3.78. The van der Waals surface area contributed by atoms with Crippen molar-refractivity contribution in [2.45, 2.75) is 32.8 Å². The molecule has 226 valence electrons. The molecule has 0 radical (unpaired) electrons. The summed E-state index contributed by atoms with van der Waals surface area (Å²) in [6, 6.07) is 2.47. The second-order valence-electron chi connectivity index (χ2n) is 10.1. The van der Waals surface area contributed by atoms with Crippen LogP contribution in [0.5, 0.6) is 5.75 Å². The minimum Gasteiger partial charge on any atom is -0.491 e. The molecule has 0 unspecified atom stereocenters. The van der Waals surface area contributed by atoms with E-state index in [0.717, 1.165) is 6.07 Å². The summed E-state index contributed by atoms with van der Waals surface area (Å²) in [6.45, 7) is 12.8. The number of nitro groups is 1. The SMILES string of the molecule is C=CCOC(=O)NC/C=C/CNc1c(OCCCN2CCN(C(=O)OC(C)(C)C)CC2)cc(C(N)=O)cc1[N+](=O)[O-]. The van der Waals surface area contributed by atoms with Gasteiger partial charge < -0.3 is 35.5 Å². The van der Waals surface area contributed by atoms with E-state index in [1.54, 1.807) is 17.1 Å². The summed E-state index contributed by atoms with van der Waals surface area (Å²) >= 11 is 0. The first-order valence-corrected chi connectivity index (χ1v) is 13.3. The third-order valence-corrected chi connectivity index (χ3v) is 5.72. The standard InChI is InChI=1S/C27H40N6O8/c1-5-16-40-25(35)30-10-7-6-9-29-23-21(33(37)38)18-20(24(28)34)19-22(23)39-17-8-11-31-12-14-32(15-13-31)26(36)41-27(2,3)4/h5-7,18-19,29H,1,8-17H2,2-4H3,(H2,28,34)(H,30,35)/b7-6+. The molecule has 1 aromatic carbocycles. The molecule has 0 aromatic heterocycles. The van der Waals surface area contributed by atoms with E-state index < -0.39 is 22.5 Å². The predicted molar refractivity (Wildman–Crippen MR) is 153 cm³/mol. The Morgan fingerprint density at radius 2 is 1.83 bits per heavy atom. The predicted octanol–water partition coefficient (Wildman–Crippen LogP) is 2.90. The molecule has 1 aromatic rings. The Balaban J connectivity index is 1.94. The molecule has 14 nitrogen and oxygen atoms in total. The highest BCUT2D eigenvalue weighted by molar-refractivity contribution is 5.95. The summed E-state index contributed by atoms with van der Waals surface area (Å²) in [5, 5.41) is 17.2. The lowest BCUT2D eigenvalue weighted by Gasteiger charge is -2.35. The molecule has 4 N–H and O–H groups in total. The smallest absolute Gasteiger partial charge is 0.410 e. The Morgan fingerprint density at radius 1 is 1.15 bits per heavy atom. The van der Waals surface area contributed by atoms with E-state index in [-0.39, 0.29) is 55.1 Å². The zero-order valence-electron chi connectivity index (χ0n) is 23.8. The summed E-state index contributed by atoms with van der Waals surface area (Å²) in [5.74, 6) is -0.691. The van der Waals surface area contributed by atoms with Crippen LogP contribution < -0.4 is 21.1 Å². The number of carbonyl (C=O) groups is 3. The van der Waals surface area contributed by atoms with E-state index in [4.69, 9.17) is 19.9 Å². The lowest BCUT2D eigenvalue weighted by Crippen LogP contribution is -2.50. The lowest BCUT2D eigenvalue weighted by molar-refractivity contribution is -0.384. The number of hydrogen-bond acceptors (Lipinski definition) is 10. The molecule has 0 atom stereocenters. The van der Waals surface area contributed by atoms with Crippen molar-refractivity contribution in [3.8, 4) is 5.75 Å². The number of nitrogens with one attached hydrogen (secondary N) is 2. The first-order valence-electron chi connectivity index (χ1n) is 13.3. The van der Waals surface area contributed by atoms with Crippen LogP contribution in [0.4, 0.5) is 21.0 Å². The van der Waals surface area contributed by atoms with Gasteiger partial charge in [0, 0.05) is 57.4 Å². The number of primary amides is 1. The van der Waals surface area contributed by atoms with Crippen molar-refractivity contribution in [1.29, 1.82) is 0 Å². The Bertz CT molecular complexity index is 1110. The Kier molecular flexibility index (Phi) is 12.9. The van der Waals surface area contributed by atoms with E-state index >= 15 is 0 Å². The molecule has 0 spiro atoms. The van der Waals surface area contributed by atoms with Gasteiger partial charge in [-0.25, -0.2) is 9.59 Å². The summed E-state index contributed by atoms with van der Waals surface area (Å²) in [6.07, 6.45) is 4.45. The Labute approximate surface area is 239 Å². The number of anilines is 1. The molecule has 0 aliphatic carbocycles. The number of piperazine rings is 1. The molecule has 41 heavy (non-hydrogen) atoms. The molecule has 0 saturated carbocycles. The first kappa shape index (κ1) is 32.9. The second kappa shape index (κ2) is 16.1. The van der Waals surface area contributed by atoms with Crippen LogP contribution in [0.15, 0.2) is 36.9 Å². The van der Waals surface area contributed by atoms with Crippen LogP contribution in [0.1, 0.15) is 37.6 Å². The van der Waals surface area contributed by atoms with Gasteiger partial charge >= 0.3 is 12.2 Å². The average Bonchev–Trinajstić information content (AvgIpc) is 2.91. The van der Waals surface area contributed by atoms with E-state index in [2.05, 4.69) is 22.1 Å².